The standard InChI is InChI=1S/C13H12O2/c1-2-3-4-9-12-10-7-5-6-8-11(10)13(14)15-12/h3-9H,2H2,1H3/b4-3+,12-9-. The average Bonchev–Trinajstić information content (AvgIpc) is 2.58. The van der Waals surface area contributed by atoms with Gasteiger partial charge in [-0.15, -0.1) is 0 Å². The molecular weight excluding hydrogens is 188 g/mol. The third-order valence-electron chi connectivity index (χ3n) is 2.23. The predicted octanol–water partition coefficient (Wildman–Crippen LogP) is 3.16. The fourth-order valence-corrected chi connectivity index (χ4v) is 1.50. The van der Waals surface area contributed by atoms with Gasteiger partial charge in [-0.2, -0.15) is 0 Å². The molecule has 0 fully saturated rings. The van der Waals surface area contributed by atoms with E-state index < -0.39 is 0 Å². The van der Waals surface area contributed by atoms with Crippen molar-refractivity contribution in [2.24, 2.45) is 0 Å². The molecule has 1 aromatic carbocycles. The Morgan fingerprint density at radius 2 is 2.00 bits per heavy atom. The van der Waals surface area contributed by atoms with Gasteiger partial charge in [0, 0.05) is 5.56 Å². The number of rotatable bonds is 2. The van der Waals surface area contributed by atoms with Crippen molar-refractivity contribution in [2.45, 2.75) is 13.3 Å². The van der Waals surface area contributed by atoms with Gasteiger partial charge in [-0.3, -0.25) is 0 Å². The topological polar surface area (TPSA) is 26.3 Å². The van der Waals surface area contributed by atoms with Crippen LogP contribution in [0.1, 0.15) is 29.3 Å². The van der Waals surface area contributed by atoms with E-state index in [1.165, 1.54) is 0 Å². The maximum Gasteiger partial charge on any atom is 0.344 e. The van der Waals surface area contributed by atoms with Crippen molar-refractivity contribution in [1.29, 1.82) is 0 Å². The molecule has 1 aromatic rings. The third kappa shape index (κ3) is 1.84. The van der Waals surface area contributed by atoms with E-state index in [4.69, 9.17) is 4.74 Å². The van der Waals surface area contributed by atoms with Crippen molar-refractivity contribution in [3.63, 3.8) is 0 Å². The molecule has 0 amide bonds. The largest absolute Gasteiger partial charge is 0.422 e. The van der Waals surface area contributed by atoms with Gasteiger partial charge in [-0.25, -0.2) is 4.79 Å². The Bertz CT molecular complexity index is 442. The zero-order chi connectivity index (χ0) is 10.7. The number of carbonyl (C=O) groups excluding carboxylic acids is 1. The van der Waals surface area contributed by atoms with E-state index >= 15 is 0 Å². The highest BCUT2D eigenvalue weighted by atomic mass is 16.5. The van der Waals surface area contributed by atoms with Gasteiger partial charge in [0.2, 0.25) is 0 Å². The van der Waals surface area contributed by atoms with Crippen LogP contribution in [-0.4, -0.2) is 5.97 Å². The molecule has 1 heterocycles. The first-order valence-electron chi connectivity index (χ1n) is 5.01. The van der Waals surface area contributed by atoms with Gasteiger partial charge in [0.25, 0.3) is 0 Å². The van der Waals surface area contributed by atoms with E-state index in [9.17, 15) is 4.79 Å². The molecule has 0 aromatic heterocycles. The lowest BCUT2D eigenvalue weighted by atomic mass is 10.1. The minimum Gasteiger partial charge on any atom is -0.422 e. The van der Waals surface area contributed by atoms with Crippen LogP contribution in [0.5, 0.6) is 0 Å². The lowest BCUT2D eigenvalue weighted by Crippen LogP contribution is -1.92. The summed E-state index contributed by atoms with van der Waals surface area (Å²) in [6.45, 7) is 2.06. The molecule has 2 heteroatoms. The average molecular weight is 200 g/mol. The lowest BCUT2D eigenvalue weighted by molar-refractivity contribution is 0.0716. The number of esters is 1. The number of hydrogen-bond donors (Lipinski definition) is 0. The summed E-state index contributed by atoms with van der Waals surface area (Å²) in [5.41, 5.74) is 1.52. The van der Waals surface area contributed by atoms with Crippen molar-refractivity contribution in [3.05, 3.63) is 53.6 Å². The molecule has 0 radical (unpaired) electrons. The van der Waals surface area contributed by atoms with Gasteiger partial charge < -0.3 is 4.74 Å². The van der Waals surface area contributed by atoms with E-state index in [0.717, 1.165) is 12.0 Å². The van der Waals surface area contributed by atoms with Crippen LogP contribution in [0, 0.1) is 0 Å². The molecule has 76 valence electrons. The Kier molecular flexibility index (Phi) is 2.68. The Hall–Kier alpha value is -1.83. The predicted molar refractivity (Wildman–Crippen MR) is 59.3 cm³/mol. The lowest BCUT2D eigenvalue weighted by Gasteiger charge is -1.94. The molecule has 0 N–H and O–H groups in total. The monoisotopic (exact) mass is 200 g/mol. The molecule has 15 heavy (non-hydrogen) atoms. The van der Waals surface area contributed by atoms with E-state index in [0.29, 0.717) is 11.3 Å². The summed E-state index contributed by atoms with van der Waals surface area (Å²) in [5, 5.41) is 0. The summed E-state index contributed by atoms with van der Waals surface area (Å²) in [7, 11) is 0. The second kappa shape index (κ2) is 4.13. The quantitative estimate of drug-likeness (QED) is 0.685. The van der Waals surface area contributed by atoms with Gasteiger partial charge in [0.15, 0.2) is 0 Å². The fourth-order valence-electron chi connectivity index (χ4n) is 1.50. The zero-order valence-electron chi connectivity index (χ0n) is 8.57. The number of cyclic esters (lactones) is 1. The van der Waals surface area contributed by atoms with Crippen molar-refractivity contribution >= 4 is 11.7 Å². The smallest absolute Gasteiger partial charge is 0.344 e. The van der Waals surface area contributed by atoms with Crippen LogP contribution in [0.15, 0.2) is 42.5 Å². The summed E-state index contributed by atoms with van der Waals surface area (Å²) < 4.78 is 5.15. The highest BCUT2D eigenvalue weighted by molar-refractivity contribution is 6.03. The molecule has 0 aliphatic carbocycles. The van der Waals surface area contributed by atoms with Crippen molar-refractivity contribution < 1.29 is 9.53 Å². The molecule has 1 aliphatic rings. The number of benzene rings is 1. The molecule has 0 spiro atoms. The first-order valence-corrected chi connectivity index (χ1v) is 5.01. The Morgan fingerprint density at radius 1 is 1.27 bits per heavy atom. The normalized spacial score (nSPS) is 17.1. The summed E-state index contributed by atoms with van der Waals surface area (Å²) in [5.74, 6) is 0.377. The van der Waals surface area contributed by atoms with Crippen LogP contribution in [0.25, 0.3) is 5.76 Å². The molecule has 0 saturated heterocycles. The number of allylic oxidation sites excluding steroid dienone is 3. The minimum absolute atomic E-state index is 0.262. The van der Waals surface area contributed by atoms with Crippen LogP contribution in [0.3, 0.4) is 0 Å². The summed E-state index contributed by atoms with van der Waals surface area (Å²) in [4.78, 5) is 11.4. The zero-order valence-corrected chi connectivity index (χ0v) is 8.57. The van der Waals surface area contributed by atoms with Gasteiger partial charge in [0.1, 0.15) is 5.76 Å². The molecule has 2 rings (SSSR count). The third-order valence-corrected chi connectivity index (χ3v) is 2.23. The van der Waals surface area contributed by atoms with E-state index in [2.05, 4.69) is 6.92 Å². The summed E-state index contributed by atoms with van der Waals surface area (Å²) >= 11 is 0. The van der Waals surface area contributed by atoms with Gasteiger partial charge in [-0.1, -0.05) is 37.3 Å². The first-order chi connectivity index (χ1) is 7.33. The fraction of sp³-hybridized carbons (Fsp3) is 0.154. The maximum absolute atomic E-state index is 11.4. The number of carbonyl (C=O) groups is 1. The van der Waals surface area contributed by atoms with Crippen molar-refractivity contribution in [2.75, 3.05) is 0 Å². The number of fused-ring (bicyclic) bond motifs is 1. The minimum atomic E-state index is -0.262. The van der Waals surface area contributed by atoms with Crippen LogP contribution in [0.2, 0.25) is 0 Å². The summed E-state index contributed by atoms with van der Waals surface area (Å²) in [6.07, 6.45) is 6.72. The van der Waals surface area contributed by atoms with Crippen molar-refractivity contribution in [1.82, 2.24) is 0 Å². The highest BCUT2D eigenvalue weighted by Gasteiger charge is 2.24. The van der Waals surface area contributed by atoms with Crippen LogP contribution >= 0.6 is 0 Å². The van der Waals surface area contributed by atoms with Gasteiger partial charge in [0.05, 0.1) is 5.56 Å². The molecule has 0 saturated carbocycles. The molecule has 0 bridgehead atoms. The molecule has 1 aliphatic heterocycles. The summed E-state index contributed by atoms with van der Waals surface area (Å²) in [6, 6.07) is 7.41. The highest BCUT2D eigenvalue weighted by Crippen LogP contribution is 2.29. The second-order valence-corrected chi connectivity index (χ2v) is 3.30. The van der Waals surface area contributed by atoms with Crippen LogP contribution in [0.4, 0.5) is 0 Å². The van der Waals surface area contributed by atoms with Gasteiger partial charge in [-0.05, 0) is 18.6 Å². The van der Waals surface area contributed by atoms with E-state index in [1.54, 1.807) is 6.07 Å². The number of hydrogen-bond acceptors (Lipinski definition) is 2. The van der Waals surface area contributed by atoms with Crippen LogP contribution in [-0.2, 0) is 4.74 Å². The molecule has 2 nitrogen and oxygen atoms in total. The number of ether oxygens (including phenoxy) is 1. The first kappa shape index (κ1) is 9.71. The van der Waals surface area contributed by atoms with E-state index in [-0.39, 0.29) is 5.97 Å². The van der Waals surface area contributed by atoms with E-state index in [1.807, 2.05) is 36.4 Å². The SMILES string of the molecule is CC/C=C/C=C1\OC(=O)c2ccccc21. The maximum atomic E-state index is 11.4. The Morgan fingerprint density at radius 3 is 2.73 bits per heavy atom. The Balaban J connectivity index is 2.36. The molecule has 0 atom stereocenters. The Labute approximate surface area is 88.9 Å². The van der Waals surface area contributed by atoms with Crippen LogP contribution < -0.4 is 0 Å². The molecule has 0 unspecified atom stereocenters. The van der Waals surface area contributed by atoms with Gasteiger partial charge >= 0.3 is 5.97 Å². The molecular formula is C13H12O2. The second-order valence-electron chi connectivity index (χ2n) is 3.30. The van der Waals surface area contributed by atoms with Crippen molar-refractivity contribution in [3.8, 4) is 0 Å².